The van der Waals surface area contributed by atoms with Gasteiger partial charge in [0.2, 0.25) is 5.91 Å². The average Bonchev–Trinajstić information content (AvgIpc) is 2.34. The highest BCUT2D eigenvalue weighted by atomic mass is 16.1. The van der Waals surface area contributed by atoms with Crippen molar-refractivity contribution in [1.82, 2.24) is 5.32 Å². The third-order valence-electron chi connectivity index (χ3n) is 3.88. The fourth-order valence-corrected chi connectivity index (χ4v) is 2.96. The van der Waals surface area contributed by atoms with Crippen LogP contribution in [0.3, 0.4) is 0 Å². The van der Waals surface area contributed by atoms with Gasteiger partial charge < -0.3 is 11.1 Å². The van der Waals surface area contributed by atoms with Crippen LogP contribution in [0.2, 0.25) is 0 Å². The summed E-state index contributed by atoms with van der Waals surface area (Å²) in [5.74, 6) is 0.722. The molecule has 1 unspecified atom stereocenters. The molecule has 114 valence electrons. The lowest BCUT2D eigenvalue weighted by Crippen LogP contribution is -2.61. The maximum atomic E-state index is 12.2. The van der Waals surface area contributed by atoms with Gasteiger partial charge in [0.25, 0.3) is 0 Å². The summed E-state index contributed by atoms with van der Waals surface area (Å²) in [6, 6.07) is 0. The Kier molecular flexibility index (Phi) is 9.07. The van der Waals surface area contributed by atoms with Crippen molar-refractivity contribution in [1.29, 1.82) is 0 Å². The van der Waals surface area contributed by atoms with E-state index in [2.05, 4.69) is 39.9 Å². The molecule has 0 aliphatic rings. The summed E-state index contributed by atoms with van der Waals surface area (Å²) in [6.07, 6.45) is 6.18. The average molecular weight is 270 g/mol. The van der Waals surface area contributed by atoms with E-state index in [0.717, 1.165) is 45.1 Å². The number of rotatable bonds is 11. The molecule has 0 aliphatic carbocycles. The Morgan fingerprint density at radius 3 is 1.95 bits per heavy atom. The van der Waals surface area contributed by atoms with Crippen LogP contribution in [-0.2, 0) is 4.79 Å². The predicted octanol–water partition coefficient (Wildman–Crippen LogP) is 3.47. The van der Waals surface area contributed by atoms with E-state index in [1.54, 1.807) is 0 Å². The lowest BCUT2D eigenvalue weighted by molar-refractivity contribution is -0.127. The maximum absolute atomic E-state index is 12.2. The summed E-state index contributed by atoms with van der Waals surface area (Å²) < 4.78 is 0. The summed E-state index contributed by atoms with van der Waals surface area (Å²) in [7, 11) is 0. The third-order valence-corrected chi connectivity index (χ3v) is 3.88. The molecule has 0 heterocycles. The molecule has 3 nitrogen and oxygen atoms in total. The molecule has 0 aromatic heterocycles. The van der Waals surface area contributed by atoms with Crippen LogP contribution in [0, 0.1) is 11.8 Å². The van der Waals surface area contributed by atoms with Gasteiger partial charge in [-0.15, -0.1) is 0 Å². The summed E-state index contributed by atoms with van der Waals surface area (Å²) in [5, 5.41) is 3.53. The molecule has 0 bridgehead atoms. The Morgan fingerprint density at radius 1 is 1.11 bits per heavy atom. The van der Waals surface area contributed by atoms with Gasteiger partial charge in [-0.05, 0) is 37.6 Å². The van der Waals surface area contributed by atoms with E-state index in [-0.39, 0.29) is 5.91 Å². The summed E-state index contributed by atoms with van der Waals surface area (Å²) in [5.41, 5.74) is 5.30. The molecule has 0 aliphatic heterocycles. The zero-order valence-electron chi connectivity index (χ0n) is 13.6. The van der Waals surface area contributed by atoms with E-state index in [1.165, 1.54) is 0 Å². The van der Waals surface area contributed by atoms with Crippen molar-refractivity contribution in [2.45, 2.75) is 78.7 Å². The number of hydrogen-bond acceptors (Lipinski definition) is 2. The van der Waals surface area contributed by atoms with E-state index >= 15 is 0 Å². The van der Waals surface area contributed by atoms with Gasteiger partial charge in [0, 0.05) is 0 Å². The second-order valence-electron chi connectivity index (χ2n) is 6.13. The van der Waals surface area contributed by atoms with Crippen LogP contribution >= 0.6 is 0 Å². The van der Waals surface area contributed by atoms with Crippen molar-refractivity contribution >= 4 is 5.91 Å². The van der Waals surface area contributed by atoms with Crippen molar-refractivity contribution in [3.8, 4) is 0 Å². The molecular weight excluding hydrogens is 236 g/mol. The van der Waals surface area contributed by atoms with E-state index in [4.69, 9.17) is 5.73 Å². The summed E-state index contributed by atoms with van der Waals surface area (Å²) in [6.45, 7) is 11.7. The fraction of sp³-hybridized carbons (Fsp3) is 0.938. The smallest absolute Gasteiger partial charge is 0.238 e. The van der Waals surface area contributed by atoms with E-state index in [1.807, 2.05) is 0 Å². The molecule has 3 heteroatoms. The van der Waals surface area contributed by atoms with Crippen molar-refractivity contribution in [3.63, 3.8) is 0 Å². The third kappa shape index (κ3) is 5.52. The van der Waals surface area contributed by atoms with Crippen LogP contribution in [-0.4, -0.2) is 18.0 Å². The fourth-order valence-electron chi connectivity index (χ4n) is 2.96. The highest BCUT2D eigenvalue weighted by Gasteiger charge is 2.41. The minimum atomic E-state index is -0.509. The molecule has 0 saturated heterocycles. The van der Waals surface area contributed by atoms with Crippen LogP contribution in [0.4, 0.5) is 0 Å². The van der Waals surface area contributed by atoms with Gasteiger partial charge >= 0.3 is 0 Å². The first-order chi connectivity index (χ1) is 8.94. The lowest BCUT2D eigenvalue weighted by atomic mass is 9.74. The Labute approximate surface area is 119 Å². The summed E-state index contributed by atoms with van der Waals surface area (Å²) >= 11 is 0. The Balaban J connectivity index is 5.19. The number of nitrogens with one attached hydrogen (secondary N) is 1. The van der Waals surface area contributed by atoms with Gasteiger partial charge in [0.05, 0.1) is 0 Å². The van der Waals surface area contributed by atoms with Gasteiger partial charge in [-0.25, -0.2) is 0 Å². The van der Waals surface area contributed by atoms with Gasteiger partial charge in [0.1, 0.15) is 5.54 Å². The molecule has 1 amide bonds. The van der Waals surface area contributed by atoms with Gasteiger partial charge in [-0.2, -0.15) is 0 Å². The monoisotopic (exact) mass is 270 g/mol. The first kappa shape index (κ1) is 18.4. The van der Waals surface area contributed by atoms with Crippen LogP contribution in [0.1, 0.15) is 73.1 Å². The summed E-state index contributed by atoms with van der Waals surface area (Å²) in [4.78, 5) is 12.2. The van der Waals surface area contributed by atoms with Crippen LogP contribution in [0.25, 0.3) is 0 Å². The van der Waals surface area contributed by atoms with Gasteiger partial charge in [-0.3, -0.25) is 4.79 Å². The van der Waals surface area contributed by atoms with E-state index < -0.39 is 5.54 Å². The predicted molar refractivity (Wildman–Crippen MR) is 83.0 cm³/mol. The number of nitrogens with two attached hydrogens (primary N) is 1. The quantitative estimate of drug-likeness (QED) is 0.604. The normalized spacial score (nSPS) is 14.9. The van der Waals surface area contributed by atoms with Crippen molar-refractivity contribution < 1.29 is 4.79 Å². The van der Waals surface area contributed by atoms with Crippen LogP contribution < -0.4 is 11.1 Å². The number of carbonyl (C=O) groups is 1. The molecular formula is C16H34N2O. The Hall–Kier alpha value is -0.570. The molecule has 3 N–H and O–H groups in total. The second kappa shape index (κ2) is 9.35. The number of primary amides is 1. The molecule has 19 heavy (non-hydrogen) atoms. The Bertz CT molecular complexity index is 247. The minimum absolute atomic E-state index is 0.165. The zero-order chi connectivity index (χ0) is 14.9. The zero-order valence-corrected chi connectivity index (χ0v) is 13.6. The Morgan fingerprint density at radius 2 is 1.63 bits per heavy atom. The molecule has 0 spiro atoms. The van der Waals surface area contributed by atoms with Crippen molar-refractivity contribution in [3.05, 3.63) is 0 Å². The lowest BCUT2D eigenvalue weighted by Gasteiger charge is -2.40. The van der Waals surface area contributed by atoms with E-state index in [9.17, 15) is 4.79 Å². The van der Waals surface area contributed by atoms with Crippen LogP contribution in [0.15, 0.2) is 0 Å². The maximum Gasteiger partial charge on any atom is 0.238 e. The molecule has 1 atom stereocenters. The number of hydrogen-bond donors (Lipinski definition) is 2. The first-order valence-electron chi connectivity index (χ1n) is 7.99. The molecule has 0 saturated carbocycles. The topological polar surface area (TPSA) is 55.1 Å². The SMILES string of the molecule is CCCC(CCC)C(CCC)(NCC(C)C)C(N)=O. The molecule has 0 radical (unpaired) electrons. The van der Waals surface area contributed by atoms with Crippen LogP contribution in [0.5, 0.6) is 0 Å². The molecule has 0 aromatic carbocycles. The second-order valence-corrected chi connectivity index (χ2v) is 6.13. The van der Waals surface area contributed by atoms with Gasteiger partial charge in [-0.1, -0.05) is 53.9 Å². The molecule has 0 fully saturated rings. The number of amides is 1. The molecule has 0 aromatic rings. The van der Waals surface area contributed by atoms with E-state index in [0.29, 0.717) is 11.8 Å². The standard InChI is InChI=1S/C16H34N2O/c1-6-9-14(10-7-2)16(11-8-3,15(17)19)18-12-13(4)5/h13-14,18H,6-12H2,1-5H3,(H2,17,19). The highest BCUT2D eigenvalue weighted by Crippen LogP contribution is 2.31. The number of carbonyl (C=O) groups excluding carboxylic acids is 1. The minimum Gasteiger partial charge on any atom is -0.368 e. The first-order valence-corrected chi connectivity index (χ1v) is 7.99. The highest BCUT2D eigenvalue weighted by molar-refractivity contribution is 5.85. The molecule has 0 rings (SSSR count). The van der Waals surface area contributed by atoms with Gasteiger partial charge in [0.15, 0.2) is 0 Å². The van der Waals surface area contributed by atoms with Crippen molar-refractivity contribution in [2.24, 2.45) is 17.6 Å². The van der Waals surface area contributed by atoms with Crippen molar-refractivity contribution in [2.75, 3.05) is 6.54 Å². The largest absolute Gasteiger partial charge is 0.368 e.